The lowest BCUT2D eigenvalue weighted by molar-refractivity contribution is 0.0379. The van der Waals surface area contributed by atoms with Crippen LogP contribution in [0.5, 0.6) is 0 Å². The summed E-state index contributed by atoms with van der Waals surface area (Å²) in [7, 11) is 0. The number of ether oxygens (including phenoxy) is 1. The van der Waals surface area contributed by atoms with Gasteiger partial charge in [-0.2, -0.15) is 0 Å². The van der Waals surface area contributed by atoms with Crippen molar-refractivity contribution in [3.8, 4) is 0 Å². The maximum Gasteiger partial charge on any atom is 0.342 e. The zero-order valence-electron chi connectivity index (χ0n) is 9.65. The molecule has 0 atom stereocenters. The number of hydrogen-bond donors (Lipinski definition) is 1. The third kappa shape index (κ3) is 2.52. The van der Waals surface area contributed by atoms with E-state index in [-0.39, 0.29) is 18.1 Å². The highest BCUT2D eigenvalue weighted by Gasteiger charge is 2.16. The zero-order chi connectivity index (χ0) is 11.6. The molecule has 0 saturated heterocycles. The van der Waals surface area contributed by atoms with Crippen LogP contribution < -0.4 is 5.73 Å². The molecule has 1 aromatic rings. The zero-order valence-corrected chi connectivity index (χ0v) is 9.65. The minimum atomic E-state index is -0.359. The number of nitrogens with two attached hydrogens (primary N) is 1. The van der Waals surface area contributed by atoms with Crippen LogP contribution >= 0.6 is 0 Å². The Kier molecular flexibility index (Phi) is 3.39. The second-order valence-electron chi connectivity index (χ2n) is 4.07. The summed E-state index contributed by atoms with van der Waals surface area (Å²) in [6, 6.07) is 1.94. The third-order valence-corrected chi connectivity index (χ3v) is 2.07. The van der Waals surface area contributed by atoms with Gasteiger partial charge in [-0.3, -0.25) is 0 Å². The Labute approximate surface area is 90.0 Å². The molecule has 0 aliphatic rings. The highest BCUT2D eigenvalue weighted by molar-refractivity contribution is 5.94. The lowest BCUT2D eigenvalue weighted by Crippen LogP contribution is -2.14. The first-order valence-corrected chi connectivity index (χ1v) is 5.10. The summed E-state index contributed by atoms with van der Waals surface area (Å²) in [4.78, 5) is 11.6. The summed E-state index contributed by atoms with van der Waals surface area (Å²) in [5.41, 5.74) is 6.29. The van der Waals surface area contributed by atoms with Crippen LogP contribution in [0.25, 0.3) is 0 Å². The largest absolute Gasteiger partial charge is 0.459 e. The first kappa shape index (κ1) is 11.6. The van der Waals surface area contributed by atoms with Crippen LogP contribution in [0.1, 0.15) is 44.1 Å². The Morgan fingerprint density at radius 2 is 2.00 bits per heavy atom. The van der Waals surface area contributed by atoms with Crippen molar-refractivity contribution in [2.45, 2.75) is 39.8 Å². The van der Waals surface area contributed by atoms with E-state index in [1.165, 1.54) is 0 Å². The molecule has 0 radical (unpaired) electrons. The number of anilines is 1. The summed E-state index contributed by atoms with van der Waals surface area (Å²) in [5, 5.41) is 0. The molecule has 0 spiro atoms. The van der Waals surface area contributed by atoms with Crippen molar-refractivity contribution in [3.05, 3.63) is 17.8 Å². The van der Waals surface area contributed by atoms with Gasteiger partial charge >= 0.3 is 5.97 Å². The van der Waals surface area contributed by atoms with E-state index in [0.29, 0.717) is 11.4 Å². The summed E-state index contributed by atoms with van der Waals surface area (Å²) in [5.74, 6) is 0.109. The van der Waals surface area contributed by atoms with Crippen molar-refractivity contribution in [1.82, 2.24) is 4.57 Å². The Balaban J connectivity index is 2.91. The summed E-state index contributed by atoms with van der Waals surface area (Å²) < 4.78 is 6.92. The number of hydrogen-bond acceptors (Lipinski definition) is 3. The fourth-order valence-electron chi connectivity index (χ4n) is 1.36. The van der Waals surface area contributed by atoms with Crippen molar-refractivity contribution < 1.29 is 9.53 Å². The van der Waals surface area contributed by atoms with E-state index >= 15 is 0 Å². The third-order valence-electron chi connectivity index (χ3n) is 2.07. The van der Waals surface area contributed by atoms with Gasteiger partial charge < -0.3 is 15.0 Å². The standard InChI is InChI=1S/C11H18N2O2/c1-7(2)13-6-5-9(10(13)12)11(14)15-8(3)4/h5-8H,12H2,1-4H3. The van der Waals surface area contributed by atoms with E-state index in [1.54, 1.807) is 12.3 Å². The molecule has 0 unspecified atom stereocenters. The Morgan fingerprint density at radius 1 is 1.40 bits per heavy atom. The van der Waals surface area contributed by atoms with E-state index in [1.807, 2.05) is 32.3 Å². The number of esters is 1. The van der Waals surface area contributed by atoms with Crippen LogP contribution in [0.4, 0.5) is 5.82 Å². The second kappa shape index (κ2) is 4.38. The fourth-order valence-corrected chi connectivity index (χ4v) is 1.36. The topological polar surface area (TPSA) is 57.2 Å². The smallest absolute Gasteiger partial charge is 0.342 e. The lowest BCUT2D eigenvalue weighted by Gasteiger charge is -2.11. The Morgan fingerprint density at radius 3 is 2.40 bits per heavy atom. The van der Waals surface area contributed by atoms with Gasteiger partial charge in [0.05, 0.1) is 6.10 Å². The molecule has 0 aliphatic heterocycles. The summed E-state index contributed by atoms with van der Waals surface area (Å²) >= 11 is 0. The number of rotatable bonds is 3. The molecular formula is C11H18N2O2. The van der Waals surface area contributed by atoms with Crippen LogP contribution in [-0.4, -0.2) is 16.6 Å². The van der Waals surface area contributed by atoms with Crippen molar-refractivity contribution in [2.75, 3.05) is 5.73 Å². The molecule has 84 valence electrons. The van der Waals surface area contributed by atoms with Crippen molar-refractivity contribution in [3.63, 3.8) is 0 Å². The van der Waals surface area contributed by atoms with Crippen molar-refractivity contribution in [2.24, 2.45) is 0 Å². The Bertz CT molecular complexity index is 353. The summed E-state index contributed by atoms with van der Waals surface area (Å²) in [6.45, 7) is 7.64. The minimum absolute atomic E-state index is 0.126. The van der Waals surface area contributed by atoms with E-state index in [2.05, 4.69) is 0 Å². The van der Waals surface area contributed by atoms with Crippen LogP contribution in [0.15, 0.2) is 12.3 Å². The number of nitrogens with zero attached hydrogens (tertiary/aromatic N) is 1. The molecule has 0 aromatic carbocycles. The molecule has 2 N–H and O–H groups in total. The van der Waals surface area contributed by atoms with E-state index in [9.17, 15) is 4.79 Å². The van der Waals surface area contributed by atoms with Gasteiger partial charge in [0.2, 0.25) is 0 Å². The molecule has 1 heterocycles. The lowest BCUT2D eigenvalue weighted by atomic mass is 10.3. The van der Waals surface area contributed by atoms with Gasteiger partial charge in [0, 0.05) is 12.2 Å². The van der Waals surface area contributed by atoms with Crippen LogP contribution in [0, 0.1) is 0 Å². The molecule has 4 nitrogen and oxygen atoms in total. The van der Waals surface area contributed by atoms with E-state index < -0.39 is 0 Å². The van der Waals surface area contributed by atoms with Crippen LogP contribution in [0.3, 0.4) is 0 Å². The second-order valence-corrected chi connectivity index (χ2v) is 4.07. The Hall–Kier alpha value is -1.45. The average molecular weight is 210 g/mol. The predicted octanol–water partition coefficient (Wildman–Crippen LogP) is 2.22. The highest BCUT2D eigenvalue weighted by atomic mass is 16.5. The minimum Gasteiger partial charge on any atom is -0.459 e. The van der Waals surface area contributed by atoms with E-state index in [4.69, 9.17) is 10.5 Å². The van der Waals surface area contributed by atoms with Gasteiger partial charge in [-0.05, 0) is 33.8 Å². The first-order chi connectivity index (χ1) is 6.93. The molecule has 0 saturated carbocycles. The monoisotopic (exact) mass is 210 g/mol. The van der Waals surface area contributed by atoms with Gasteiger partial charge in [-0.15, -0.1) is 0 Å². The van der Waals surface area contributed by atoms with Crippen molar-refractivity contribution in [1.29, 1.82) is 0 Å². The predicted molar refractivity (Wildman–Crippen MR) is 59.8 cm³/mol. The number of carbonyl (C=O) groups excluding carboxylic acids is 1. The maximum absolute atomic E-state index is 11.6. The normalized spacial score (nSPS) is 11.1. The van der Waals surface area contributed by atoms with Crippen molar-refractivity contribution >= 4 is 11.8 Å². The summed E-state index contributed by atoms with van der Waals surface area (Å²) in [6.07, 6.45) is 1.68. The molecule has 0 aliphatic carbocycles. The molecule has 4 heteroatoms. The molecule has 0 amide bonds. The maximum atomic E-state index is 11.6. The molecule has 15 heavy (non-hydrogen) atoms. The van der Waals surface area contributed by atoms with E-state index in [0.717, 1.165) is 0 Å². The van der Waals surface area contributed by atoms with Gasteiger partial charge in [0.15, 0.2) is 0 Å². The molecule has 1 aromatic heterocycles. The number of nitrogen functional groups attached to an aromatic ring is 1. The average Bonchev–Trinajstić information content (AvgIpc) is 2.45. The van der Waals surface area contributed by atoms with Gasteiger partial charge in [-0.25, -0.2) is 4.79 Å². The number of aromatic nitrogens is 1. The fraction of sp³-hybridized carbons (Fsp3) is 0.545. The quantitative estimate of drug-likeness (QED) is 0.778. The molecule has 1 rings (SSSR count). The first-order valence-electron chi connectivity index (χ1n) is 5.10. The molecular weight excluding hydrogens is 192 g/mol. The van der Waals surface area contributed by atoms with Crippen LogP contribution in [-0.2, 0) is 4.74 Å². The van der Waals surface area contributed by atoms with Gasteiger partial charge in [-0.1, -0.05) is 0 Å². The van der Waals surface area contributed by atoms with Gasteiger partial charge in [0.25, 0.3) is 0 Å². The van der Waals surface area contributed by atoms with Gasteiger partial charge in [0.1, 0.15) is 11.4 Å². The number of carbonyl (C=O) groups is 1. The molecule has 0 bridgehead atoms. The SMILES string of the molecule is CC(C)OC(=O)c1ccn(C(C)C)c1N. The molecule has 0 fully saturated rings. The highest BCUT2D eigenvalue weighted by Crippen LogP contribution is 2.19. The van der Waals surface area contributed by atoms with Crippen LogP contribution in [0.2, 0.25) is 0 Å².